The molecule has 0 saturated heterocycles. The van der Waals surface area contributed by atoms with Crippen molar-refractivity contribution in [2.75, 3.05) is 5.32 Å². The van der Waals surface area contributed by atoms with Crippen LogP contribution in [0.2, 0.25) is 0 Å². The third-order valence-corrected chi connectivity index (χ3v) is 5.97. The minimum Gasteiger partial charge on any atom is -0.319 e. The van der Waals surface area contributed by atoms with Crippen LogP contribution in [0.3, 0.4) is 0 Å². The molecule has 8 nitrogen and oxygen atoms in total. The van der Waals surface area contributed by atoms with Crippen LogP contribution in [0.4, 0.5) is 5.69 Å². The van der Waals surface area contributed by atoms with Gasteiger partial charge in [-0.15, -0.1) is 0 Å². The summed E-state index contributed by atoms with van der Waals surface area (Å²) in [6.07, 6.45) is 10.1. The smallest absolute Gasteiger partial charge is 0.274 e. The second-order valence-electron chi connectivity index (χ2n) is 8.63. The maximum absolute atomic E-state index is 13.0. The first-order valence-electron chi connectivity index (χ1n) is 10.5. The molecule has 8 heteroatoms. The van der Waals surface area contributed by atoms with E-state index in [0.29, 0.717) is 23.2 Å². The van der Waals surface area contributed by atoms with E-state index in [1.807, 2.05) is 6.07 Å². The molecule has 4 N–H and O–H groups in total. The average Bonchev–Trinajstić information content (AvgIpc) is 3.17. The Morgan fingerprint density at radius 2 is 2.07 bits per heavy atom. The number of rotatable bonds is 5. The molecule has 3 aromatic rings. The summed E-state index contributed by atoms with van der Waals surface area (Å²) in [6, 6.07) is 3.96. The van der Waals surface area contributed by atoms with Gasteiger partial charge < -0.3 is 5.32 Å². The van der Waals surface area contributed by atoms with Crippen LogP contribution in [-0.4, -0.2) is 31.5 Å². The van der Waals surface area contributed by atoms with Gasteiger partial charge in [-0.1, -0.05) is 20.8 Å². The van der Waals surface area contributed by atoms with Crippen LogP contribution in [0.5, 0.6) is 0 Å². The zero-order valence-corrected chi connectivity index (χ0v) is 17.7. The third kappa shape index (κ3) is 4.06. The Morgan fingerprint density at radius 3 is 2.83 bits per heavy atom. The van der Waals surface area contributed by atoms with Crippen molar-refractivity contribution in [3.63, 3.8) is 0 Å². The molecule has 3 heterocycles. The second-order valence-corrected chi connectivity index (χ2v) is 8.63. The Labute approximate surface area is 176 Å². The number of nitrogens with two attached hydrogens (primary N) is 1. The Bertz CT molecular complexity index is 1040. The van der Waals surface area contributed by atoms with E-state index in [0.717, 1.165) is 36.1 Å². The van der Waals surface area contributed by atoms with E-state index in [4.69, 9.17) is 5.84 Å². The first-order valence-corrected chi connectivity index (χ1v) is 10.5. The fourth-order valence-electron chi connectivity index (χ4n) is 4.47. The van der Waals surface area contributed by atoms with Gasteiger partial charge in [0.15, 0.2) is 5.65 Å². The molecular weight excluding hydrogens is 378 g/mol. The van der Waals surface area contributed by atoms with E-state index in [1.54, 1.807) is 35.4 Å². The summed E-state index contributed by atoms with van der Waals surface area (Å²) in [5.74, 6) is 6.62. The molecule has 1 saturated carbocycles. The molecule has 0 aliphatic heterocycles. The van der Waals surface area contributed by atoms with Crippen molar-refractivity contribution in [1.82, 2.24) is 25.0 Å². The highest BCUT2D eigenvalue weighted by Crippen LogP contribution is 2.38. The zero-order chi connectivity index (χ0) is 21.3. The maximum Gasteiger partial charge on any atom is 0.274 e. The van der Waals surface area contributed by atoms with E-state index in [1.165, 1.54) is 0 Å². The normalized spacial score (nSPS) is 21.8. The van der Waals surface area contributed by atoms with Gasteiger partial charge in [-0.05, 0) is 54.7 Å². The molecule has 4 rings (SSSR count). The molecule has 158 valence electrons. The van der Waals surface area contributed by atoms with Crippen molar-refractivity contribution in [3.8, 4) is 0 Å². The van der Waals surface area contributed by atoms with Gasteiger partial charge in [-0.2, -0.15) is 5.10 Å². The number of carbonyl (C=O) groups excluding carboxylic acids is 1. The topological polar surface area (TPSA) is 110 Å². The summed E-state index contributed by atoms with van der Waals surface area (Å²) in [5, 5.41) is 7.35. The van der Waals surface area contributed by atoms with E-state index >= 15 is 0 Å². The van der Waals surface area contributed by atoms with E-state index in [-0.39, 0.29) is 17.9 Å². The number of anilines is 1. The highest BCUT2D eigenvalue weighted by Gasteiger charge is 2.29. The minimum atomic E-state index is -0.250. The lowest BCUT2D eigenvalue weighted by Crippen LogP contribution is -2.40. The quantitative estimate of drug-likeness (QED) is 0.442. The van der Waals surface area contributed by atoms with Gasteiger partial charge in [0, 0.05) is 24.0 Å². The summed E-state index contributed by atoms with van der Waals surface area (Å²) < 4.78 is 1.70. The fraction of sp³-hybridized carbons (Fsp3) is 0.455. The van der Waals surface area contributed by atoms with Crippen LogP contribution in [0.25, 0.3) is 5.65 Å². The van der Waals surface area contributed by atoms with Gasteiger partial charge in [0.1, 0.15) is 5.69 Å². The SMILES string of the molecule is CC(C)c1cnn2ccc(C(=O)Nc3cnccc3[C@@H]3C[C@H](C)C[C@@H](NN)C3)nc12. The lowest BCUT2D eigenvalue weighted by Gasteiger charge is -2.34. The number of hydrazine groups is 1. The predicted octanol–water partition coefficient (Wildman–Crippen LogP) is 3.24. The minimum absolute atomic E-state index is 0.250. The van der Waals surface area contributed by atoms with Crippen molar-refractivity contribution in [1.29, 1.82) is 0 Å². The molecule has 0 spiro atoms. The molecule has 3 atom stereocenters. The zero-order valence-electron chi connectivity index (χ0n) is 17.7. The number of aromatic nitrogens is 4. The second kappa shape index (κ2) is 8.49. The van der Waals surface area contributed by atoms with Crippen LogP contribution >= 0.6 is 0 Å². The van der Waals surface area contributed by atoms with Gasteiger partial charge in [0.05, 0.1) is 18.1 Å². The lowest BCUT2D eigenvalue weighted by molar-refractivity contribution is 0.102. The van der Waals surface area contributed by atoms with E-state index in [2.05, 4.69) is 46.6 Å². The monoisotopic (exact) mass is 407 g/mol. The Kier molecular flexibility index (Phi) is 5.78. The summed E-state index contributed by atoms with van der Waals surface area (Å²) >= 11 is 0. The molecule has 3 aromatic heterocycles. The largest absolute Gasteiger partial charge is 0.319 e. The lowest BCUT2D eigenvalue weighted by atomic mass is 9.76. The Hall–Kier alpha value is -2.84. The molecule has 0 radical (unpaired) electrons. The molecule has 1 aliphatic rings. The number of hydrogen-bond acceptors (Lipinski definition) is 6. The van der Waals surface area contributed by atoms with Gasteiger partial charge in [0.2, 0.25) is 0 Å². The average molecular weight is 408 g/mol. The number of nitrogens with one attached hydrogen (secondary N) is 2. The van der Waals surface area contributed by atoms with Crippen molar-refractivity contribution in [3.05, 3.63) is 53.7 Å². The van der Waals surface area contributed by atoms with Crippen LogP contribution < -0.4 is 16.6 Å². The number of hydrogen-bond donors (Lipinski definition) is 3. The Morgan fingerprint density at radius 1 is 1.23 bits per heavy atom. The summed E-state index contributed by atoms with van der Waals surface area (Å²) in [5.41, 5.74) is 6.84. The van der Waals surface area contributed by atoms with Crippen molar-refractivity contribution in [2.24, 2.45) is 11.8 Å². The fourth-order valence-corrected chi connectivity index (χ4v) is 4.47. The van der Waals surface area contributed by atoms with Crippen molar-refractivity contribution < 1.29 is 4.79 Å². The molecule has 30 heavy (non-hydrogen) atoms. The molecule has 0 unspecified atom stereocenters. The standard InChI is InChI=1S/C22H29N7O/c1-13(2)18-11-25-29-7-5-19(26-21(18)29)22(30)27-20-12-24-6-4-17(20)15-8-14(3)9-16(10-15)28-23/h4-7,11-16,28H,8-10,23H2,1-3H3,(H,27,30)/t14-,15+,16+/m0/s1. The predicted molar refractivity (Wildman–Crippen MR) is 116 cm³/mol. The van der Waals surface area contributed by atoms with Crippen LogP contribution in [0.1, 0.15) is 73.5 Å². The van der Waals surface area contributed by atoms with Gasteiger partial charge in [-0.25, -0.2) is 9.50 Å². The highest BCUT2D eigenvalue weighted by atomic mass is 16.1. The highest BCUT2D eigenvalue weighted by molar-refractivity contribution is 6.03. The van der Waals surface area contributed by atoms with E-state index in [9.17, 15) is 4.79 Å². The Balaban J connectivity index is 1.60. The molecule has 1 amide bonds. The summed E-state index contributed by atoms with van der Waals surface area (Å²) in [4.78, 5) is 21.8. The molecule has 1 fully saturated rings. The van der Waals surface area contributed by atoms with Gasteiger partial charge in [0.25, 0.3) is 5.91 Å². The first kappa shape index (κ1) is 20.4. The number of amides is 1. The molecular formula is C22H29N7O. The number of carbonyl (C=O) groups is 1. The van der Waals surface area contributed by atoms with Crippen molar-refractivity contribution >= 4 is 17.2 Å². The van der Waals surface area contributed by atoms with Gasteiger partial charge in [-0.3, -0.25) is 21.0 Å². The van der Waals surface area contributed by atoms with Crippen LogP contribution in [-0.2, 0) is 0 Å². The third-order valence-electron chi connectivity index (χ3n) is 5.97. The van der Waals surface area contributed by atoms with Crippen molar-refractivity contribution in [2.45, 2.75) is 57.9 Å². The molecule has 1 aliphatic carbocycles. The molecule has 0 bridgehead atoms. The summed E-state index contributed by atoms with van der Waals surface area (Å²) in [6.45, 7) is 6.41. The van der Waals surface area contributed by atoms with Crippen LogP contribution in [0.15, 0.2) is 36.9 Å². The van der Waals surface area contributed by atoms with E-state index < -0.39 is 0 Å². The van der Waals surface area contributed by atoms with Crippen LogP contribution in [0, 0.1) is 5.92 Å². The number of nitrogens with zero attached hydrogens (tertiary/aromatic N) is 4. The molecule has 0 aromatic carbocycles. The summed E-state index contributed by atoms with van der Waals surface area (Å²) in [7, 11) is 0. The number of pyridine rings is 1. The maximum atomic E-state index is 13.0. The van der Waals surface area contributed by atoms with Gasteiger partial charge >= 0.3 is 0 Å². The first-order chi connectivity index (χ1) is 14.5. The number of fused-ring (bicyclic) bond motifs is 1.